The summed E-state index contributed by atoms with van der Waals surface area (Å²) >= 11 is 0.327. The summed E-state index contributed by atoms with van der Waals surface area (Å²) in [6.45, 7) is 0.0718. The molecule has 22 heavy (non-hydrogen) atoms. The summed E-state index contributed by atoms with van der Waals surface area (Å²) in [5, 5.41) is 14.0. The summed E-state index contributed by atoms with van der Waals surface area (Å²) in [7, 11) is 0. The van der Waals surface area contributed by atoms with Crippen LogP contribution in [0.15, 0.2) is 65.6 Å². The van der Waals surface area contributed by atoms with Crippen molar-refractivity contribution in [3.63, 3.8) is 0 Å². The number of nitrogens with zero attached hydrogens (tertiary/aromatic N) is 2. The zero-order valence-corrected chi connectivity index (χ0v) is 13.5. The van der Waals surface area contributed by atoms with Gasteiger partial charge in [0.05, 0.1) is 0 Å². The molecule has 0 aliphatic heterocycles. The van der Waals surface area contributed by atoms with Gasteiger partial charge in [-0.3, -0.25) is 0 Å². The average Bonchev–Trinajstić information content (AvgIpc) is 3.18. The van der Waals surface area contributed by atoms with E-state index in [-0.39, 0.29) is 6.61 Å². The van der Waals surface area contributed by atoms with Crippen LogP contribution in [0.2, 0.25) is 0 Å². The molecule has 3 nitrogen and oxygen atoms in total. The van der Waals surface area contributed by atoms with Crippen LogP contribution >= 0.6 is 0 Å². The van der Waals surface area contributed by atoms with Crippen LogP contribution in [0.25, 0.3) is 26.7 Å². The minimum atomic E-state index is 0.0718. The summed E-state index contributed by atoms with van der Waals surface area (Å²) in [5.74, 6) is 0. The van der Waals surface area contributed by atoms with E-state index in [0.717, 1.165) is 22.5 Å². The van der Waals surface area contributed by atoms with Crippen molar-refractivity contribution in [3.05, 3.63) is 71.2 Å². The first-order chi connectivity index (χ1) is 10.9. The van der Waals surface area contributed by atoms with Crippen molar-refractivity contribution in [3.8, 4) is 16.9 Å². The first kappa shape index (κ1) is 13.5. The quantitative estimate of drug-likeness (QED) is 0.574. The van der Waals surface area contributed by atoms with Gasteiger partial charge < -0.3 is 0 Å². The van der Waals surface area contributed by atoms with Crippen molar-refractivity contribution in [1.82, 2.24) is 9.78 Å². The van der Waals surface area contributed by atoms with Crippen molar-refractivity contribution in [2.45, 2.75) is 6.61 Å². The van der Waals surface area contributed by atoms with Gasteiger partial charge in [0.1, 0.15) is 0 Å². The third-order valence-electron chi connectivity index (χ3n) is 3.70. The Kier molecular flexibility index (Phi) is 3.43. The van der Waals surface area contributed by atoms with Crippen molar-refractivity contribution < 1.29 is 5.11 Å². The van der Waals surface area contributed by atoms with Gasteiger partial charge >= 0.3 is 134 Å². The molecule has 108 valence electrons. The van der Waals surface area contributed by atoms with E-state index in [1.807, 2.05) is 47.1 Å². The summed E-state index contributed by atoms with van der Waals surface area (Å²) in [6.07, 6.45) is 0. The van der Waals surface area contributed by atoms with Crippen LogP contribution in [0, 0.1) is 0 Å². The van der Waals surface area contributed by atoms with Gasteiger partial charge in [0.15, 0.2) is 0 Å². The number of benzene rings is 2. The number of fused-ring (bicyclic) bond motifs is 1. The van der Waals surface area contributed by atoms with E-state index in [0.29, 0.717) is 14.5 Å². The molecule has 0 aliphatic carbocycles. The van der Waals surface area contributed by atoms with Crippen LogP contribution in [0.1, 0.15) is 5.56 Å². The molecule has 2 heterocycles. The first-order valence-corrected chi connectivity index (χ1v) is 8.93. The molecule has 0 atom stereocenters. The molecule has 4 rings (SSSR count). The Hall–Kier alpha value is -2.13. The van der Waals surface area contributed by atoms with E-state index in [4.69, 9.17) is 5.10 Å². The number of rotatable bonds is 3. The summed E-state index contributed by atoms with van der Waals surface area (Å²) in [5.41, 5.74) is 5.35. The topological polar surface area (TPSA) is 38.1 Å². The van der Waals surface area contributed by atoms with Gasteiger partial charge in [-0.1, -0.05) is 0 Å². The minimum absolute atomic E-state index is 0.0718. The van der Waals surface area contributed by atoms with Gasteiger partial charge in [0.25, 0.3) is 0 Å². The number of aromatic nitrogens is 2. The second-order valence-electron chi connectivity index (χ2n) is 5.09. The average molecular weight is 353 g/mol. The molecule has 4 aromatic rings. The first-order valence-electron chi connectivity index (χ1n) is 7.08. The fourth-order valence-corrected chi connectivity index (χ4v) is 4.41. The van der Waals surface area contributed by atoms with Crippen molar-refractivity contribution in [1.29, 1.82) is 0 Å². The summed E-state index contributed by atoms with van der Waals surface area (Å²) < 4.78 is 3.35. The predicted molar refractivity (Wildman–Crippen MR) is 89.4 cm³/mol. The van der Waals surface area contributed by atoms with E-state index >= 15 is 0 Å². The van der Waals surface area contributed by atoms with Crippen LogP contribution in [0.4, 0.5) is 0 Å². The van der Waals surface area contributed by atoms with E-state index in [1.165, 1.54) is 9.78 Å². The van der Waals surface area contributed by atoms with Crippen LogP contribution in [-0.2, 0) is 6.61 Å². The van der Waals surface area contributed by atoms with E-state index < -0.39 is 0 Å². The fourth-order valence-electron chi connectivity index (χ4n) is 2.57. The molecule has 1 N–H and O–H groups in total. The predicted octanol–water partition coefficient (Wildman–Crippen LogP) is 3.24. The molecule has 0 amide bonds. The molecule has 0 saturated carbocycles. The van der Waals surface area contributed by atoms with Gasteiger partial charge in [-0.15, -0.1) is 0 Å². The number of para-hydroxylation sites is 1. The molecule has 2 aromatic heterocycles. The molecule has 0 saturated heterocycles. The SMILES string of the molecule is OCc1ccc(-c2nn(-c3ccccc3)c3cc[se]c23)cc1. The van der Waals surface area contributed by atoms with Crippen LogP contribution < -0.4 is 0 Å². The maximum absolute atomic E-state index is 9.18. The zero-order chi connectivity index (χ0) is 14.9. The zero-order valence-electron chi connectivity index (χ0n) is 11.8. The van der Waals surface area contributed by atoms with E-state index in [9.17, 15) is 5.11 Å². The van der Waals surface area contributed by atoms with Gasteiger partial charge in [-0.05, 0) is 0 Å². The van der Waals surface area contributed by atoms with Crippen LogP contribution in [0.3, 0.4) is 0 Å². The molecular weight excluding hydrogens is 339 g/mol. The Morgan fingerprint density at radius 3 is 2.45 bits per heavy atom. The molecule has 0 spiro atoms. The second-order valence-corrected chi connectivity index (χ2v) is 7.01. The Bertz CT molecular complexity index is 907. The molecule has 4 heteroatoms. The molecule has 0 fully saturated rings. The number of aliphatic hydroxyl groups excluding tert-OH is 1. The third-order valence-corrected chi connectivity index (χ3v) is 5.61. The molecule has 0 radical (unpaired) electrons. The Labute approximate surface area is 134 Å². The van der Waals surface area contributed by atoms with Crippen molar-refractivity contribution in [2.24, 2.45) is 0 Å². The second kappa shape index (κ2) is 5.58. The van der Waals surface area contributed by atoms with Crippen LogP contribution in [0.5, 0.6) is 0 Å². The molecular formula is C18H14N2OSe. The normalized spacial score (nSPS) is 11.1. The Morgan fingerprint density at radius 1 is 0.955 bits per heavy atom. The molecule has 0 bridgehead atoms. The van der Waals surface area contributed by atoms with Gasteiger partial charge in [0.2, 0.25) is 0 Å². The Balaban J connectivity index is 1.90. The Morgan fingerprint density at radius 2 is 1.73 bits per heavy atom. The summed E-state index contributed by atoms with van der Waals surface area (Å²) in [4.78, 5) is 2.24. The summed E-state index contributed by atoms with van der Waals surface area (Å²) in [6, 6.07) is 20.4. The van der Waals surface area contributed by atoms with Gasteiger partial charge in [-0.2, -0.15) is 0 Å². The van der Waals surface area contributed by atoms with E-state index in [1.54, 1.807) is 0 Å². The number of hydrogen-bond acceptors (Lipinski definition) is 2. The van der Waals surface area contributed by atoms with Crippen molar-refractivity contribution >= 4 is 24.3 Å². The standard InChI is InChI=1S/C18H14N2OSe/c21-12-13-6-8-14(9-7-13)17-18-16(10-11-22-18)20(19-17)15-4-2-1-3-5-15/h1-11,21H,12H2. The molecule has 2 aromatic carbocycles. The third kappa shape index (κ3) is 2.22. The van der Waals surface area contributed by atoms with Gasteiger partial charge in [0, 0.05) is 0 Å². The van der Waals surface area contributed by atoms with E-state index in [2.05, 4.69) is 23.1 Å². The van der Waals surface area contributed by atoms with Crippen LogP contribution in [-0.4, -0.2) is 29.4 Å². The number of aliphatic hydroxyl groups is 1. The fraction of sp³-hybridized carbons (Fsp3) is 0.0556. The maximum atomic E-state index is 9.18. The number of hydrogen-bond donors (Lipinski definition) is 1. The van der Waals surface area contributed by atoms with Gasteiger partial charge in [-0.25, -0.2) is 0 Å². The molecule has 0 aliphatic rings. The van der Waals surface area contributed by atoms with Crippen molar-refractivity contribution in [2.75, 3.05) is 0 Å². The molecule has 0 unspecified atom stereocenters. The monoisotopic (exact) mass is 354 g/mol.